The van der Waals surface area contributed by atoms with Crippen LogP contribution in [-0.4, -0.2) is 9.97 Å². The lowest BCUT2D eigenvalue weighted by Gasteiger charge is -2.27. The molecule has 0 bridgehead atoms. The van der Waals surface area contributed by atoms with E-state index in [9.17, 15) is 0 Å². The summed E-state index contributed by atoms with van der Waals surface area (Å²) in [6.45, 7) is 18.3. The number of nitrogens with zero attached hydrogens (tertiary/aromatic N) is 2. The molecule has 3 heteroatoms. The van der Waals surface area contributed by atoms with Crippen molar-refractivity contribution in [1.82, 2.24) is 9.97 Å². The van der Waals surface area contributed by atoms with Gasteiger partial charge < -0.3 is 4.42 Å². The number of aromatic nitrogens is 2. The highest BCUT2D eigenvalue weighted by Gasteiger charge is 2.37. The smallest absolute Gasteiger partial charge is 0.139 e. The number of furan rings is 1. The monoisotopic (exact) mass is 476 g/mol. The first-order valence-corrected chi connectivity index (χ1v) is 13.1. The first-order chi connectivity index (χ1) is 16.8. The third-order valence-electron chi connectivity index (χ3n) is 7.47. The molecule has 1 aliphatic carbocycles. The average molecular weight is 477 g/mol. The Labute approximate surface area is 214 Å². The van der Waals surface area contributed by atoms with E-state index in [-0.39, 0.29) is 16.2 Å². The summed E-state index contributed by atoms with van der Waals surface area (Å²) in [5.74, 6) is 0. The summed E-state index contributed by atoms with van der Waals surface area (Å²) in [5.41, 5.74) is 10.8. The second-order valence-corrected chi connectivity index (χ2v) is 13.6. The van der Waals surface area contributed by atoms with Crippen LogP contribution < -0.4 is 0 Å². The van der Waals surface area contributed by atoms with E-state index in [0.29, 0.717) is 0 Å². The average Bonchev–Trinajstić information content (AvgIpc) is 3.15. The van der Waals surface area contributed by atoms with Crippen LogP contribution in [0.3, 0.4) is 0 Å². The molecule has 0 amide bonds. The SMILES string of the molecule is CC(C)(C)Cc1ccc2c3c1oc1c(CC(C)(C)C)ccc(c13)C(C)(C)c1nc3ccccc3nc1-2. The number of para-hydroxylation sites is 2. The van der Waals surface area contributed by atoms with E-state index in [1.165, 1.54) is 27.5 Å². The largest absolute Gasteiger partial charge is 0.455 e. The Bertz CT molecular complexity index is 1670. The quantitative estimate of drug-likeness (QED) is 0.255. The first kappa shape index (κ1) is 23.2. The molecule has 2 heterocycles. The Morgan fingerprint density at radius 1 is 0.694 bits per heavy atom. The first-order valence-electron chi connectivity index (χ1n) is 13.1. The van der Waals surface area contributed by atoms with Crippen molar-refractivity contribution < 1.29 is 4.42 Å². The molecule has 5 aromatic rings. The van der Waals surface area contributed by atoms with Gasteiger partial charge in [0.25, 0.3) is 0 Å². The second kappa shape index (κ2) is 7.41. The Hall–Kier alpha value is -3.20. The molecule has 0 spiro atoms. The standard InChI is InChI=1S/C33H36N2O/c1-31(2,3)17-19-13-15-21-25-26-22(16-14-20(18-32(4,5)6)29(26)36-28(19)25)33(7,8)30-27(21)34-23-11-9-10-12-24(23)35-30/h9-16H,17-18H2,1-8H3. The zero-order valence-electron chi connectivity index (χ0n) is 22.8. The predicted molar refractivity (Wildman–Crippen MR) is 151 cm³/mol. The maximum atomic E-state index is 6.91. The Morgan fingerprint density at radius 3 is 1.86 bits per heavy atom. The van der Waals surface area contributed by atoms with Gasteiger partial charge in [-0.25, -0.2) is 9.97 Å². The lowest BCUT2D eigenvalue weighted by Crippen LogP contribution is -2.22. The molecule has 6 rings (SSSR count). The normalized spacial score (nSPS) is 15.1. The van der Waals surface area contributed by atoms with Gasteiger partial charge in [-0.05, 0) is 52.5 Å². The number of benzene rings is 3. The van der Waals surface area contributed by atoms with Crippen molar-refractivity contribution in [3.8, 4) is 11.3 Å². The van der Waals surface area contributed by atoms with E-state index in [0.717, 1.165) is 52.0 Å². The Morgan fingerprint density at radius 2 is 1.25 bits per heavy atom. The molecule has 36 heavy (non-hydrogen) atoms. The van der Waals surface area contributed by atoms with Gasteiger partial charge in [0.1, 0.15) is 11.2 Å². The highest BCUT2D eigenvalue weighted by molar-refractivity contribution is 6.16. The van der Waals surface area contributed by atoms with E-state index >= 15 is 0 Å². The van der Waals surface area contributed by atoms with Crippen LogP contribution in [0.15, 0.2) is 52.9 Å². The van der Waals surface area contributed by atoms with Crippen LogP contribution in [0, 0.1) is 10.8 Å². The predicted octanol–water partition coefficient (Wildman–Crippen LogP) is 9.01. The van der Waals surface area contributed by atoms with Gasteiger partial charge in [0, 0.05) is 21.8 Å². The summed E-state index contributed by atoms with van der Waals surface area (Å²) in [4.78, 5) is 10.5. The van der Waals surface area contributed by atoms with Crippen molar-refractivity contribution in [2.75, 3.05) is 0 Å². The number of hydrogen-bond donors (Lipinski definition) is 0. The number of fused-ring (bicyclic) bond motifs is 3. The fourth-order valence-corrected chi connectivity index (χ4v) is 5.97. The van der Waals surface area contributed by atoms with Crippen LogP contribution in [0.2, 0.25) is 0 Å². The fourth-order valence-electron chi connectivity index (χ4n) is 5.97. The molecule has 2 aromatic heterocycles. The fraction of sp³-hybridized carbons (Fsp3) is 0.394. The molecule has 3 aromatic carbocycles. The third kappa shape index (κ3) is 3.55. The van der Waals surface area contributed by atoms with Gasteiger partial charge in [-0.1, -0.05) is 91.8 Å². The van der Waals surface area contributed by atoms with E-state index in [1.807, 2.05) is 12.1 Å². The van der Waals surface area contributed by atoms with Crippen LogP contribution in [0.25, 0.3) is 44.2 Å². The van der Waals surface area contributed by atoms with Crippen LogP contribution in [0.4, 0.5) is 0 Å². The molecular formula is C33H36N2O. The van der Waals surface area contributed by atoms with Crippen molar-refractivity contribution in [3.05, 3.63) is 70.9 Å². The summed E-state index contributed by atoms with van der Waals surface area (Å²) in [6, 6.07) is 17.3. The van der Waals surface area contributed by atoms with Gasteiger partial charge >= 0.3 is 0 Å². The number of rotatable bonds is 2. The summed E-state index contributed by atoms with van der Waals surface area (Å²) in [7, 11) is 0. The van der Waals surface area contributed by atoms with E-state index in [2.05, 4.69) is 91.8 Å². The van der Waals surface area contributed by atoms with Gasteiger partial charge in [0.05, 0.1) is 22.4 Å². The molecule has 184 valence electrons. The Balaban J connectivity index is 1.80. The van der Waals surface area contributed by atoms with Crippen LogP contribution in [-0.2, 0) is 18.3 Å². The molecular weight excluding hydrogens is 440 g/mol. The molecule has 1 aliphatic rings. The topological polar surface area (TPSA) is 38.9 Å². The van der Waals surface area contributed by atoms with Gasteiger partial charge in [0.2, 0.25) is 0 Å². The zero-order chi connectivity index (χ0) is 25.6. The maximum Gasteiger partial charge on any atom is 0.139 e. The molecule has 3 nitrogen and oxygen atoms in total. The van der Waals surface area contributed by atoms with E-state index in [1.54, 1.807) is 0 Å². The molecule has 0 radical (unpaired) electrons. The Kier molecular flexibility index (Phi) is 4.78. The summed E-state index contributed by atoms with van der Waals surface area (Å²) in [6.07, 6.45) is 1.91. The highest BCUT2D eigenvalue weighted by Crippen LogP contribution is 2.51. The second-order valence-electron chi connectivity index (χ2n) is 13.6. The summed E-state index contributed by atoms with van der Waals surface area (Å²) in [5, 5.41) is 2.44. The third-order valence-corrected chi connectivity index (χ3v) is 7.47. The number of hydrogen-bond acceptors (Lipinski definition) is 3. The minimum atomic E-state index is -0.328. The molecule has 0 unspecified atom stereocenters. The van der Waals surface area contributed by atoms with Crippen molar-refractivity contribution in [2.24, 2.45) is 10.8 Å². The van der Waals surface area contributed by atoms with Gasteiger partial charge in [0.15, 0.2) is 0 Å². The van der Waals surface area contributed by atoms with Gasteiger partial charge in [-0.3, -0.25) is 0 Å². The highest BCUT2D eigenvalue weighted by atomic mass is 16.3. The maximum absolute atomic E-state index is 6.91. The minimum absolute atomic E-state index is 0.151. The summed E-state index contributed by atoms with van der Waals surface area (Å²) >= 11 is 0. The van der Waals surface area contributed by atoms with Crippen LogP contribution >= 0.6 is 0 Å². The molecule has 0 N–H and O–H groups in total. The lowest BCUT2D eigenvalue weighted by molar-refractivity contribution is 0.408. The molecule has 0 aliphatic heterocycles. The minimum Gasteiger partial charge on any atom is -0.455 e. The van der Waals surface area contributed by atoms with E-state index in [4.69, 9.17) is 14.4 Å². The van der Waals surface area contributed by atoms with Crippen molar-refractivity contribution >= 4 is 33.0 Å². The van der Waals surface area contributed by atoms with Crippen molar-refractivity contribution in [1.29, 1.82) is 0 Å². The lowest BCUT2D eigenvalue weighted by atomic mass is 9.78. The van der Waals surface area contributed by atoms with Crippen molar-refractivity contribution in [3.63, 3.8) is 0 Å². The zero-order valence-corrected chi connectivity index (χ0v) is 22.8. The van der Waals surface area contributed by atoms with Crippen LogP contribution in [0.1, 0.15) is 77.8 Å². The van der Waals surface area contributed by atoms with Crippen LogP contribution in [0.5, 0.6) is 0 Å². The molecule has 0 saturated carbocycles. The summed E-state index contributed by atoms with van der Waals surface area (Å²) < 4.78 is 6.91. The van der Waals surface area contributed by atoms with Gasteiger partial charge in [-0.15, -0.1) is 0 Å². The molecule has 0 atom stereocenters. The molecule has 0 fully saturated rings. The van der Waals surface area contributed by atoms with Crippen molar-refractivity contribution in [2.45, 2.75) is 73.6 Å². The molecule has 0 saturated heterocycles. The van der Waals surface area contributed by atoms with Gasteiger partial charge in [-0.2, -0.15) is 0 Å². The van der Waals surface area contributed by atoms with E-state index < -0.39 is 0 Å².